The van der Waals surface area contributed by atoms with E-state index in [9.17, 15) is 0 Å². The molecule has 0 N–H and O–H groups in total. The van der Waals surface area contributed by atoms with Crippen molar-refractivity contribution < 1.29 is 0 Å². The van der Waals surface area contributed by atoms with Crippen molar-refractivity contribution in [1.29, 1.82) is 0 Å². The normalized spacial score (nSPS) is 9.17. The number of unbranched alkanes of at least 4 members (excludes halogenated alkanes) is 2. The van der Waals surface area contributed by atoms with Crippen molar-refractivity contribution in [2.45, 2.75) is 29.9 Å². The molecule has 0 bridgehead atoms. The van der Waals surface area contributed by atoms with E-state index in [1.54, 1.807) is 0 Å². The quantitative estimate of drug-likeness (QED) is 0.369. The summed E-state index contributed by atoms with van der Waals surface area (Å²) in [5.74, 6) is 0. The zero-order chi connectivity index (χ0) is 4.83. The third-order valence-electron chi connectivity index (χ3n) is 0.957. The van der Waals surface area contributed by atoms with Crippen LogP contribution >= 0.6 is 0 Å². The molecule has 0 nitrogen and oxygen atoms in total. The summed E-state index contributed by atoms with van der Waals surface area (Å²) < 4.78 is 1.49. The van der Waals surface area contributed by atoms with Crippen molar-refractivity contribution in [2.75, 3.05) is 0 Å². The van der Waals surface area contributed by atoms with Crippen molar-refractivity contribution >= 4 is 27.9 Å². The van der Waals surface area contributed by atoms with Crippen LogP contribution in [0.4, 0.5) is 0 Å². The summed E-state index contributed by atoms with van der Waals surface area (Å²) in [6, 6.07) is 0. The van der Waals surface area contributed by atoms with Gasteiger partial charge in [-0.15, -0.1) is 0 Å². The Kier molecular flexibility index (Phi) is 7.00. The Bertz CT molecular complexity index is 15.9. The summed E-state index contributed by atoms with van der Waals surface area (Å²) >= 11 is 1.40. The van der Waals surface area contributed by atoms with Crippen LogP contribution in [0.5, 0.6) is 0 Å². The molecule has 6 heavy (non-hydrogen) atoms. The number of hydrogen-bond donors (Lipinski definition) is 0. The van der Waals surface area contributed by atoms with Gasteiger partial charge in [0.15, 0.2) is 0 Å². The molecule has 0 rings (SSSR count). The Morgan fingerprint density at radius 1 is 1.33 bits per heavy atom. The molecule has 1 heteroatoms. The van der Waals surface area contributed by atoms with Gasteiger partial charge in [0.2, 0.25) is 0 Å². The van der Waals surface area contributed by atoms with Crippen molar-refractivity contribution in [2.24, 2.45) is 0 Å². The Labute approximate surface area is 57.7 Å². The van der Waals surface area contributed by atoms with Gasteiger partial charge in [-0.3, -0.25) is 0 Å². The molecule has 0 aliphatic carbocycles. The van der Waals surface area contributed by atoms with Crippen LogP contribution in [-0.2, 0) is 0 Å². The van der Waals surface area contributed by atoms with E-state index in [0.717, 1.165) is 0 Å². The zero-order valence-corrected chi connectivity index (χ0v) is 6.83. The third-order valence-corrected chi connectivity index (χ3v) is 1.66. The molecule has 0 heterocycles. The SMILES string of the molecule is CCCC[CH2][Na]. The van der Waals surface area contributed by atoms with Gasteiger partial charge in [0.25, 0.3) is 0 Å². The van der Waals surface area contributed by atoms with E-state index in [1.807, 2.05) is 0 Å². The predicted molar refractivity (Wildman–Crippen MR) is 30.1 cm³/mol. The van der Waals surface area contributed by atoms with Gasteiger partial charge >= 0.3 is 57.8 Å². The van der Waals surface area contributed by atoms with E-state index in [4.69, 9.17) is 0 Å². The van der Waals surface area contributed by atoms with Crippen molar-refractivity contribution in [1.82, 2.24) is 0 Å². The molecule has 0 aliphatic rings. The van der Waals surface area contributed by atoms with Crippen LogP contribution < -0.4 is 0 Å². The van der Waals surface area contributed by atoms with Crippen LogP contribution in [-0.4, -0.2) is 27.9 Å². The summed E-state index contributed by atoms with van der Waals surface area (Å²) in [6.07, 6.45) is 4.30. The van der Waals surface area contributed by atoms with Crippen molar-refractivity contribution in [3.8, 4) is 0 Å². The van der Waals surface area contributed by atoms with Gasteiger partial charge in [-0.1, -0.05) is 0 Å². The van der Waals surface area contributed by atoms with E-state index < -0.39 is 0 Å². The molecule has 0 amide bonds. The number of hydrogen-bond acceptors (Lipinski definition) is 0. The van der Waals surface area contributed by atoms with E-state index in [0.29, 0.717) is 0 Å². The van der Waals surface area contributed by atoms with Gasteiger partial charge in [0, 0.05) is 0 Å². The molecule has 0 radical (unpaired) electrons. The van der Waals surface area contributed by atoms with Crippen LogP contribution in [0.2, 0.25) is 3.67 Å². The standard InChI is InChI=1S/C5H11.Na/c1-3-5-4-2;/h1,3-5H2,2H3;. The van der Waals surface area contributed by atoms with Crippen LogP contribution in [0.3, 0.4) is 0 Å². The molecule has 0 aromatic heterocycles. The first kappa shape index (κ1) is 7.00. The Hall–Kier alpha value is 1.00. The summed E-state index contributed by atoms with van der Waals surface area (Å²) in [6.45, 7) is 2.25. The summed E-state index contributed by atoms with van der Waals surface area (Å²) in [5.41, 5.74) is 0. The summed E-state index contributed by atoms with van der Waals surface area (Å²) in [4.78, 5) is 0. The fourth-order valence-electron chi connectivity index (χ4n) is 0.500. The van der Waals surface area contributed by atoms with E-state index in [1.165, 1.54) is 50.9 Å². The van der Waals surface area contributed by atoms with Crippen LogP contribution in [0.1, 0.15) is 26.2 Å². The Balaban J connectivity index is 2.34. The van der Waals surface area contributed by atoms with Crippen LogP contribution in [0.15, 0.2) is 0 Å². The second-order valence-corrected chi connectivity index (χ2v) is 2.71. The molecule has 0 aliphatic heterocycles. The maximum atomic E-state index is 2.25. The molecule has 0 saturated heterocycles. The molecule has 0 saturated carbocycles. The first-order valence-electron chi connectivity index (χ1n) is 2.91. The van der Waals surface area contributed by atoms with Gasteiger partial charge in [-0.2, -0.15) is 0 Å². The van der Waals surface area contributed by atoms with Gasteiger partial charge in [-0.25, -0.2) is 0 Å². The molecule has 0 spiro atoms. The third kappa shape index (κ3) is 5.00. The van der Waals surface area contributed by atoms with E-state index in [2.05, 4.69) is 6.92 Å². The minimum absolute atomic E-state index is 1.38. The molecule has 0 unspecified atom stereocenters. The monoisotopic (exact) mass is 94.1 g/mol. The van der Waals surface area contributed by atoms with Crippen LogP contribution in [0.25, 0.3) is 0 Å². The summed E-state index contributed by atoms with van der Waals surface area (Å²) in [7, 11) is 0. The molecular weight excluding hydrogens is 83.0 g/mol. The van der Waals surface area contributed by atoms with Gasteiger partial charge in [0.1, 0.15) is 0 Å². The van der Waals surface area contributed by atoms with E-state index >= 15 is 0 Å². The van der Waals surface area contributed by atoms with Gasteiger partial charge in [-0.05, 0) is 0 Å². The molecule has 32 valence electrons. The maximum absolute atomic E-state index is 2.25. The Morgan fingerprint density at radius 3 is 2.17 bits per heavy atom. The van der Waals surface area contributed by atoms with Crippen molar-refractivity contribution in [3.05, 3.63) is 0 Å². The average Bonchev–Trinajstić information content (AvgIpc) is 1.61. The zero-order valence-electron chi connectivity index (χ0n) is 4.83. The predicted octanol–water partition coefficient (Wildman–Crippen LogP) is 1.76. The first-order valence-corrected chi connectivity index (χ1v) is 4.33. The van der Waals surface area contributed by atoms with Gasteiger partial charge in [0.05, 0.1) is 0 Å². The average molecular weight is 94.1 g/mol. The molecule has 0 atom stereocenters. The second-order valence-electron chi connectivity index (χ2n) is 1.71. The fraction of sp³-hybridized carbons (Fsp3) is 1.00. The molecule has 0 aromatic carbocycles. The van der Waals surface area contributed by atoms with Crippen LogP contribution in [0, 0.1) is 0 Å². The summed E-state index contributed by atoms with van der Waals surface area (Å²) in [5, 5.41) is 0. The topological polar surface area (TPSA) is 0 Å². The van der Waals surface area contributed by atoms with Gasteiger partial charge < -0.3 is 0 Å². The van der Waals surface area contributed by atoms with E-state index in [-0.39, 0.29) is 0 Å². The molecular formula is C5H11Na. The molecule has 0 fully saturated rings. The number of rotatable bonds is 3. The second kappa shape index (κ2) is 6.00. The van der Waals surface area contributed by atoms with Crippen molar-refractivity contribution in [3.63, 3.8) is 0 Å². The molecule has 0 aromatic rings. The first-order chi connectivity index (χ1) is 2.91. The fourth-order valence-corrected chi connectivity index (χ4v) is 1.000. The minimum atomic E-state index is 1.38. The Morgan fingerprint density at radius 2 is 2.00 bits per heavy atom.